The van der Waals surface area contributed by atoms with E-state index in [1.165, 1.54) is 0 Å². The molecule has 0 aliphatic carbocycles. The van der Waals surface area contributed by atoms with Gasteiger partial charge in [0, 0.05) is 6.54 Å². The summed E-state index contributed by atoms with van der Waals surface area (Å²) in [4.78, 5) is 12.1. The minimum absolute atomic E-state index is 0.0194. The van der Waals surface area contributed by atoms with Crippen molar-refractivity contribution < 1.29 is 14.6 Å². The molecule has 1 atom stereocenters. The molecule has 0 spiro atoms. The van der Waals surface area contributed by atoms with Gasteiger partial charge in [-0.2, -0.15) is 0 Å². The molecule has 0 aliphatic rings. The molecule has 0 fully saturated rings. The van der Waals surface area contributed by atoms with Gasteiger partial charge in [0.1, 0.15) is 5.75 Å². The average molecular weight is 327 g/mol. The summed E-state index contributed by atoms with van der Waals surface area (Å²) in [5.41, 5.74) is 0.537. The second kappa shape index (κ2) is 7.97. The predicted octanol–water partition coefficient (Wildman–Crippen LogP) is 3.39. The highest BCUT2D eigenvalue weighted by molar-refractivity contribution is 5.77. The molecule has 0 aliphatic heterocycles. The number of ether oxygens (including phenoxy) is 1. The summed E-state index contributed by atoms with van der Waals surface area (Å²) in [6, 6.07) is 16.8. The minimum Gasteiger partial charge on any atom is -0.491 e. The lowest BCUT2D eigenvalue weighted by Gasteiger charge is -2.23. The number of nitrogens with one attached hydrogen (secondary N) is 1. The molecule has 0 saturated heterocycles. The molecule has 128 valence electrons. The van der Waals surface area contributed by atoms with Gasteiger partial charge in [0.15, 0.2) is 0 Å². The van der Waals surface area contributed by atoms with E-state index in [-0.39, 0.29) is 18.4 Å². The maximum atomic E-state index is 12.1. The summed E-state index contributed by atoms with van der Waals surface area (Å²) in [5, 5.41) is 13.3. The SMILES string of the molecule is CC(C)Oc1ccc(CNC(=O)CC(C)(O)c2ccccc2)cc1. The van der Waals surface area contributed by atoms with Gasteiger partial charge in [-0.15, -0.1) is 0 Å². The number of carbonyl (C=O) groups is 1. The Hall–Kier alpha value is -2.33. The maximum absolute atomic E-state index is 12.1. The fourth-order valence-corrected chi connectivity index (χ4v) is 2.43. The van der Waals surface area contributed by atoms with Crippen molar-refractivity contribution in [3.8, 4) is 5.75 Å². The van der Waals surface area contributed by atoms with Gasteiger partial charge in [0.2, 0.25) is 5.91 Å². The van der Waals surface area contributed by atoms with E-state index in [1.54, 1.807) is 6.92 Å². The number of aliphatic hydroxyl groups is 1. The van der Waals surface area contributed by atoms with E-state index in [0.717, 1.165) is 16.9 Å². The first-order chi connectivity index (χ1) is 11.4. The van der Waals surface area contributed by atoms with Crippen LogP contribution in [0.15, 0.2) is 54.6 Å². The number of amides is 1. The molecule has 4 heteroatoms. The lowest BCUT2D eigenvalue weighted by Crippen LogP contribution is -2.32. The first kappa shape index (κ1) is 18.0. The lowest BCUT2D eigenvalue weighted by atomic mass is 9.92. The normalized spacial score (nSPS) is 13.4. The van der Waals surface area contributed by atoms with Crippen LogP contribution < -0.4 is 10.1 Å². The van der Waals surface area contributed by atoms with Crippen LogP contribution >= 0.6 is 0 Å². The molecule has 2 rings (SSSR count). The van der Waals surface area contributed by atoms with E-state index in [4.69, 9.17) is 4.74 Å². The summed E-state index contributed by atoms with van der Waals surface area (Å²) >= 11 is 0. The van der Waals surface area contributed by atoms with Gasteiger partial charge in [0.05, 0.1) is 18.1 Å². The van der Waals surface area contributed by atoms with Crippen molar-refractivity contribution in [3.05, 3.63) is 65.7 Å². The quantitative estimate of drug-likeness (QED) is 0.819. The van der Waals surface area contributed by atoms with Crippen LogP contribution in [0.4, 0.5) is 0 Å². The number of rotatable bonds is 7. The second-order valence-corrected chi connectivity index (χ2v) is 6.40. The molecule has 0 heterocycles. The molecular weight excluding hydrogens is 302 g/mol. The molecule has 2 N–H and O–H groups in total. The maximum Gasteiger partial charge on any atom is 0.223 e. The minimum atomic E-state index is -1.18. The fraction of sp³-hybridized carbons (Fsp3) is 0.350. The molecule has 4 nitrogen and oxygen atoms in total. The van der Waals surface area contributed by atoms with Crippen LogP contribution in [0, 0.1) is 0 Å². The van der Waals surface area contributed by atoms with E-state index in [0.29, 0.717) is 6.54 Å². The van der Waals surface area contributed by atoms with Crippen LogP contribution in [-0.4, -0.2) is 17.1 Å². The van der Waals surface area contributed by atoms with Crippen molar-refractivity contribution in [1.29, 1.82) is 0 Å². The van der Waals surface area contributed by atoms with Gasteiger partial charge in [0.25, 0.3) is 0 Å². The van der Waals surface area contributed by atoms with Gasteiger partial charge >= 0.3 is 0 Å². The Balaban J connectivity index is 1.87. The average Bonchev–Trinajstić information content (AvgIpc) is 2.54. The van der Waals surface area contributed by atoms with Gasteiger partial charge < -0.3 is 15.2 Å². The van der Waals surface area contributed by atoms with Crippen molar-refractivity contribution >= 4 is 5.91 Å². The third kappa shape index (κ3) is 5.39. The van der Waals surface area contributed by atoms with Gasteiger partial charge in [-0.3, -0.25) is 4.79 Å². The summed E-state index contributed by atoms with van der Waals surface area (Å²) in [6.45, 7) is 6.03. The topological polar surface area (TPSA) is 58.6 Å². The summed E-state index contributed by atoms with van der Waals surface area (Å²) in [5.74, 6) is 0.624. The standard InChI is InChI=1S/C20H25NO3/c1-15(2)24-18-11-9-16(10-12-18)14-21-19(22)13-20(3,23)17-7-5-4-6-8-17/h4-12,15,23H,13-14H2,1-3H3,(H,21,22). The van der Waals surface area contributed by atoms with E-state index < -0.39 is 5.60 Å². The third-order valence-corrected chi connectivity index (χ3v) is 3.69. The van der Waals surface area contributed by atoms with Crippen LogP contribution in [-0.2, 0) is 16.9 Å². The van der Waals surface area contributed by atoms with Crippen molar-refractivity contribution in [1.82, 2.24) is 5.32 Å². The second-order valence-electron chi connectivity index (χ2n) is 6.40. The molecule has 0 saturated carbocycles. The Morgan fingerprint density at radius 2 is 1.75 bits per heavy atom. The molecule has 24 heavy (non-hydrogen) atoms. The number of hydrogen-bond acceptors (Lipinski definition) is 3. The van der Waals surface area contributed by atoms with Crippen molar-refractivity contribution in [2.45, 2.75) is 45.4 Å². The molecule has 2 aromatic rings. The zero-order valence-electron chi connectivity index (χ0n) is 14.5. The molecule has 0 aromatic heterocycles. The molecule has 1 amide bonds. The molecule has 0 radical (unpaired) electrons. The van der Waals surface area contributed by atoms with Crippen molar-refractivity contribution in [3.63, 3.8) is 0 Å². The number of benzene rings is 2. The van der Waals surface area contributed by atoms with Gasteiger partial charge in [-0.1, -0.05) is 42.5 Å². The Labute approximate surface area is 143 Å². The van der Waals surface area contributed by atoms with Crippen molar-refractivity contribution in [2.24, 2.45) is 0 Å². The molecule has 1 unspecified atom stereocenters. The summed E-state index contributed by atoms with van der Waals surface area (Å²) in [7, 11) is 0. The Morgan fingerprint density at radius 1 is 1.12 bits per heavy atom. The highest BCUT2D eigenvalue weighted by Crippen LogP contribution is 2.24. The largest absolute Gasteiger partial charge is 0.491 e. The Morgan fingerprint density at radius 3 is 2.33 bits per heavy atom. The molecule has 2 aromatic carbocycles. The lowest BCUT2D eigenvalue weighted by molar-refractivity contribution is -0.126. The monoisotopic (exact) mass is 327 g/mol. The van der Waals surface area contributed by atoms with Crippen molar-refractivity contribution in [2.75, 3.05) is 0 Å². The van der Waals surface area contributed by atoms with Gasteiger partial charge in [-0.25, -0.2) is 0 Å². The highest BCUT2D eigenvalue weighted by atomic mass is 16.5. The number of hydrogen-bond donors (Lipinski definition) is 2. The summed E-state index contributed by atoms with van der Waals surface area (Å²) < 4.78 is 5.59. The van der Waals surface area contributed by atoms with Crippen LogP contribution in [0.1, 0.15) is 38.3 Å². The Kier molecular flexibility index (Phi) is 5.99. The molecule has 0 bridgehead atoms. The predicted molar refractivity (Wildman–Crippen MR) is 94.7 cm³/mol. The highest BCUT2D eigenvalue weighted by Gasteiger charge is 2.26. The van der Waals surface area contributed by atoms with Crippen LogP contribution in [0.5, 0.6) is 5.75 Å². The number of carbonyl (C=O) groups excluding carboxylic acids is 1. The first-order valence-corrected chi connectivity index (χ1v) is 8.17. The van der Waals surface area contributed by atoms with E-state index in [2.05, 4.69) is 5.32 Å². The third-order valence-electron chi connectivity index (χ3n) is 3.69. The van der Waals surface area contributed by atoms with Crippen LogP contribution in [0.3, 0.4) is 0 Å². The Bertz CT molecular complexity index is 648. The zero-order valence-corrected chi connectivity index (χ0v) is 14.5. The van der Waals surface area contributed by atoms with Crippen LogP contribution in [0.25, 0.3) is 0 Å². The summed E-state index contributed by atoms with van der Waals surface area (Å²) in [6.07, 6.45) is 0.154. The van der Waals surface area contributed by atoms with Gasteiger partial charge in [-0.05, 0) is 44.0 Å². The van der Waals surface area contributed by atoms with E-state index in [9.17, 15) is 9.90 Å². The fourth-order valence-electron chi connectivity index (χ4n) is 2.43. The van der Waals surface area contributed by atoms with E-state index >= 15 is 0 Å². The van der Waals surface area contributed by atoms with E-state index in [1.807, 2.05) is 68.4 Å². The van der Waals surface area contributed by atoms with Crippen LogP contribution in [0.2, 0.25) is 0 Å². The first-order valence-electron chi connectivity index (χ1n) is 8.17. The zero-order chi connectivity index (χ0) is 17.6. The molecular formula is C20H25NO3. The smallest absolute Gasteiger partial charge is 0.223 e.